The number of benzene rings is 1. The monoisotopic (exact) mass is 529 g/mol. The van der Waals surface area contributed by atoms with E-state index < -0.39 is 58.0 Å². The summed E-state index contributed by atoms with van der Waals surface area (Å²) in [6, 6.07) is 4.23. The average Bonchev–Trinajstić information content (AvgIpc) is 2.70. The van der Waals surface area contributed by atoms with Crippen LogP contribution in [0.25, 0.3) is 0 Å². The number of nitrogens with zero attached hydrogens (tertiary/aromatic N) is 3. The van der Waals surface area contributed by atoms with Gasteiger partial charge in [-0.05, 0) is 54.6 Å². The second-order valence-electron chi connectivity index (χ2n) is 9.45. The predicted octanol–water partition coefficient (Wildman–Crippen LogP) is 4.57. The van der Waals surface area contributed by atoms with Crippen LogP contribution in [-0.2, 0) is 27.1 Å². The van der Waals surface area contributed by atoms with Crippen molar-refractivity contribution in [3.63, 3.8) is 0 Å². The minimum absolute atomic E-state index is 0.0181. The average molecular weight is 530 g/mol. The molecule has 2 heterocycles. The molecule has 2 aromatic rings. The van der Waals surface area contributed by atoms with E-state index in [2.05, 4.69) is 4.98 Å². The molecule has 0 radical (unpaired) electrons. The Morgan fingerprint density at radius 2 is 1.77 bits per heavy atom. The molecular formula is C23H17Cl2F4N3O3. The summed E-state index contributed by atoms with van der Waals surface area (Å²) < 4.78 is 53.4. The summed E-state index contributed by atoms with van der Waals surface area (Å²) in [4.78, 5) is 44.9. The summed E-state index contributed by atoms with van der Waals surface area (Å²) in [5, 5.41) is -0.491. The van der Waals surface area contributed by atoms with Gasteiger partial charge in [-0.2, -0.15) is 13.2 Å². The molecule has 0 spiro atoms. The number of aromatic nitrogens is 1. The third kappa shape index (κ3) is 3.78. The van der Waals surface area contributed by atoms with Gasteiger partial charge in [-0.1, -0.05) is 23.7 Å². The standard InChI is InChI=1S/C23H17Cl2F4N3O3/c24-14-5-15(26)18(30-6-14)32-8-16(33)31(7-12-1-3-13(4-2-12)23(27,28)29)17(19(32)34)21-9-22(10-21,11-21)20(25)35/h1-6,17H,7-11H2. The fourth-order valence-electron chi connectivity index (χ4n) is 5.65. The molecular weight excluding hydrogens is 513 g/mol. The molecule has 2 amide bonds. The first-order valence-corrected chi connectivity index (χ1v) is 11.4. The molecule has 3 saturated carbocycles. The number of amides is 2. The zero-order chi connectivity index (χ0) is 25.3. The van der Waals surface area contributed by atoms with Crippen LogP contribution in [0.2, 0.25) is 5.02 Å². The second kappa shape index (κ2) is 7.89. The Kier molecular flexibility index (Phi) is 5.41. The quantitative estimate of drug-likeness (QED) is 0.420. The second-order valence-corrected chi connectivity index (χ2v) is 10.2. The number of alkyl halides is 3. The molecule has 3 aliphatic carbocycles. The Morgan fingerprint density at radius 1 is 1.14 bits per heavy atom. The Bertz CT molecular complexity index is 1230. The Morgan fingerprint density at radius 3 is 2.31 bits per heavy atom. The first-order chi connectivity index (χ1) is 16.4. The van der Waals surface area contributed by atoms with Gasteiger partial charge < -0.3 is 4.90 Å². The van der Waals surface area contributed by atoms with Gasteiger partial charge in [0.15, 0.2) is 11.6 Å². The van der Waals surface area contributed by atoms with Crippen LogP contribution in [0.3, 0.4) is 0 Å². The normalized spacial score (nSPS) is 28.0. The van der Waals surface area contributed by atoms with Crippen molar-refractivity contribution in [3.8, 4) is 0 Å². The molecule has 1 aromatic heterocycles. The van der Waals surface area contributed by atoms with E-state index in [1.165, 1.54) is 17.0 Å². The molecule has 12 heteroatoms. The molecule has 1 unspecified atom stereocenters. The minimum Gasteiger partial charge on any atom is -0.324 e. The fraction of sp³-hybridized carbons (Fsp3) is 0.391. The van der Waals surface area contributed by atoms with Gasteiger partial charge in [0.1, 0.15) is 12.6 Å². The van der Waals surface area contributed by atoms with Crippen LogP contribution in [0.15, 0.2) is 36.5 Å². The zero-order valence-electron chi connectivity index (χ0n) is 17.9. The van der Waals surface area contributed by atoms with E-state index >= 15 is 0 Å². The zero-order valence-corrected chi connectivity index (χ0v) is 19.4. The van der Waals surface area contributed by atoms with Gasteiger partial charge in [-0.15, -0.1) is 0 Å². The number of carbonyl (C=O) groups excluding carboxylic acids is 3. The van der Waals surface area contributed by atoms with E-state index in [4.69, 9.17) is 23.2 Å². The lowest BCUT2D eigenvalue weighted by Gasteiger charge is -2.72. The van der Waals surface area contributed by atoms with Crippen molar-refractivity contribution in [1.82, 2.24) is 9.88 Å². The summed E-state index contributed by atoms with van der Waals surface area (Å²) in [5.41, 5.74) is -1.92. The molecule has 0 N–H and O–H groups in total. The van der Waals surface area contributed by atoms with E-state index in [1.807, 2.05) is 0 Å². The molecule has 35 heavy (non-hydrogen) atoms. The van der Waals surface area contributed by atoms with Crippen LogP contribution >= 0.6 is 23.2 Å². The number of carbonyl (C=O) groups is 3. The van der Waals surface area contributed by atoms with Crippen LogP contribution in [0.1, 0.15) is 30.4 Å². The summed E-state index contributed by atoms with van der Waals surface area (Å²) >= 11 is 11.5. The molecule has 2 bridgehead atoms. The van der Waals surface area contributed by atoms with Crippen molar-refractivity contribution in [2.45, 2.75) is 38.0 Å². The molecule has 1 saturated heterocycles. The van der Waals surface area contributed by atoms with Crippen molar-refractivity contribution < 1.29 is 31.9 Å². The minimum atomic E-state index is -4.51. The van der Waals surface area contributed by atoms with Crippen molar-refractivity contribution >= 4 is 46.1 Å². The maximum absolute atomic E-state index is 14.6. The number of anilines is 1. The maximum atomic E-state index is 14.6. The molecule has 6 rings (SSSR count). The number of hydrogen-bond acceptors (Lipinski definition) is 4. The van der Waals surface area contributed by atoms with Crippen molar-refractivity contribution in [1.29, 1.82) is 0 Å². The number of pyridine rings is 1. The molecule has 4 aliphatic rings. The number of piperazine rings is 1. The summed E-state index contributed by atoms with van der Waals surface area (Å²) in [6.45, 7) is -0.626. The van der Waals surface area contributed by atoms with E-state index in [0.29, 0.717) is 24.8 Å². The topological polar surface area (TPSA) is 70.6 Å². The van der Waals surface area contributed by atoms with Crippen LogP contribution in [0.5, 0.6) is 0 Å². The van der Waals surface area contributed by atoms with Gasteiger partial charge in [0.25, 0.3) is 5.91 Å². The molecule has 1 atom stereocenters. The third-order valence-electron chi connectivity index (χ3n) is 7.17. The highest BCUT2D eigenvalue weighted by Crippen LogP contribution is 2.76. The highest BCUT2D eigenvalue weighted by molar-refractivity contribution is 6.65. The lowest BCUT2D eigenvalue weighted by atomic mass is 9.33. The summed E-state index contributed by atoms with van der Waals surface area (Å²) in [7, 11) is 0. The molecule has 1 aliphatic heterocycles. The third-order valence-corrected chi connectivity index (χ3v) is 7.78. The molecule has 4 fully saturated rings. The van der Waals surface area contributed by atoms with E-state index in [9.17, 15) is 31.9 Å². The first-order valence-electron chi connectivity index (χ1n) is 10.6. The summed E-state index contributed by atoms with van der Waals surface area (Å²) in [5.74, 6) is -2.33. The van der Waals surface area contributed by atoms with Gasteiger partial charge in [-0.25, -0.2) is 9.37 Å². The Balaban J connectivity index is 1.47. The lowest BCUT2D eigenvalue weighted by molar-refractivity contribution is -0.227. The van der Waals surface area contributed by atoms with Crippen LogP contribution in [0.4, 0.5) is 23.4 Å². The maximum Gasteiger partial charge on any atom is 0.416 e. The largest absolute Gasteiger partial charge is 0.416 e. The SMILES string of the molecule is O=C1C(C23CC(C(=O)Cl)(C2)C3)N(Cc2ccc(C(F)(F)F)cc2)C(=O)CN1c1ncc(Cl)cc1F. The highest BCUT2D eigenvalue weighted by Gasteiger charge is 2.76. The predicted molar refractivity (Wildman–Crippen MR) is 117 cm³/mol. The summed E-state index contributed by atoms with van der Waals surface area (Å²) in [6.07, 6.45) is -2.48. The van der Waals surface area contributed by atoms with Gasteiger partial charge in [0.2, 0.25) is 11.1 Å². The fourth-order valence-corrected chi connectivity index (χ4v) is 5.99. The van der Waals surface area contributed by atoms with Crippen LogP contribution in [-0.4, -0.2) is 39.5 Å². The van der Waals surface area contributed by atoms with Crippen molar-refractivity contribution in [2.75, 3.05) is 11.4 Å². The van der Waals surface area contributed by atoms with Crippen molar-refractivity contribution in [2.24, 2.45) is 10.8 Å². The highest BCUT2D eigenvalue weighted by atomic mass is 35.5. The van der Waals surface area contributed by atoms with E-state index in [0.717, 1.165) is 29.3 Å². The number of hydrogen-bond donors (Lipinski definition) is 0. The molecule has 6 nitrogen and oxygen atoms in total. The van der Waals surface area contributed by atoms with Crippen molar-refractivity contribution in [3.05, 3.63) is 58.5 Å². The van der Waals surface area contributed by atoms with Gasteiger partial charge in [-0.3, -0.25) is 19.3 Å². The number of halogens is 6. The molecule has 1 aromatic carbocycles. The number of rotatable bonds is 5. The van der Waals surface area contributed by atoms with Gasteiger partial charge >= 0.3 is 6.18 Å². The van der Waals surface area contributed by atoms with Gasteiger partial charge in [0, 0.05) is 23.6 Å². The van der Waals surface area contributed by atoms with Crippen LogP contribution in [0, 0.1) is 16.6 Å². The van der Waals surface area contributed by atoms with Crippen LogP contribution < -0.4 is 4.90 Å². The van der Waals surface area contributed by atoms with E-state index in [1.54, 1.807) is 0 Å². The van der Waals surface area contributed by atoms with E-state index in [-0.39, 0.29) is 17.4 Å². The Labute approximate surface area is 206 Å². The Hall–Kier alpha value is -2.72. The smallest absolute Gasteiger partial charge is 0.324 e. The lowest BCUT2D eigenvalue weighted by Crippen LogP contribution is -2.77. The molecule has 184 valence electrons. The first kappa shape index (κ1) is 24.0. The van der Waals surface area contributed by atoms with Gasteiger partial charge in [0.05, 0.1) is 10.6 Å².